The van der Waals surface area contributed by atoms with E-state index < -0.39 is 0 Å². The minimum atomic E-state index is -0.236. The van der Waals surface area contributed by atoms with Gasteiger partial charge in [0.25, 0.3) is 5.91 Å². The van der Waals surface area contributed by atoms with Crippen molar-refractivity contribution >= 4 is 11.8 Å². The number of amides is 2. The van der Waals surface area contributed by atoms with Crippen LogP contribution in [0.5, 0.6) is 0 Å². The van der Waals surface area contributed by atoms with Crippen LogP contribution in [0.3, 0.4) is 0 Å². The van der Waals surface area contributed by atoms with E-state index in [1.807, 2.05) is 29.4 Å². The summed E-state index contributed by atoms with van der Waals surface area (Å²) >= 11 is 0. The van der Waals surface area contributed by atoms with E-state index in [0.29, 0.717) is 25.9 Å². The molecule has 6 heteroatoms. The first kappa shape index (κ1) is 22.1. The lowest BCUT2D eigenvalue weighted by atomic mass is 9.97. The molecule has 0 radical (unpaired) electrons. The second kappa shape index (κ2) is 10.0. The zero-order valence-corrected chi connectivity index (χ0v) is 18.9. The van der Waals surface area contributed by atoms with Gasteiger partial charge in [0.05, 0.1) is 6.04 Å². The number of rotatable bonds is 8. The topological polar surface area (TPSA) is 64.7 Å². The maximum absolute atomic E-state index is 13.0. The fraction of sp³-hybridized carbons (Fsp3) is 0.385. The molecule has 2 atom stereocenters. The lowest BCUT2D eigenvalue weighted by Gasteiger charge is -2.31. The fourth-order valence-electron chi connectivity index (χ4n) is 4.30. The first-order valence-corrected chi connectivity index (χ1v) is 11.4. The molecule has 0 aliphatic carbocycles. The van der Waals surface area contributed by atoms with Crippen molar-refractivity contribution in [2.24, 2.45) is 0 Å². The molecule has 0 bridgehead atoms. The van der Waals surface area contributed by atoms with Crippen LogP contribution in [-0.2, 0) is 16.0 Å². The van der Waals surface area contributed by atoms with Gasteiger partial charge >= 0.3 is 0 Å². The van der Waals surface area contributed by atoms with Crippen LogP contribution in [0.25, 0.3) is 0 Å². The Labute approximate surface area is 190 Å². The Morgan fingerprint density at radius 3 is 2.69 bits per heavy atom. The molecule has 2 heterocycles. The molecule has 0 spiro atoms. The molecule has 0 saturated carbocycles. The number of nitrogens with one attached hydrogen (secondary N) is 2. The number of carbonyl (C=O) groups is 2. The predicted octanol–water partition coefficient (Wildman–Crippen LogP) is 3.38. The monoisotopic (exact) mass is 432 g/mol. The third-order valence-electron chi connectivity index (χ3n) is 6.40. The average molecular weight is 433 g/mol. The lowest BCUT2D eigenvalue weighted by molar-refractivity contribution is -0.134. The zero-order chi connectivity index (χ0) is 22.5. The van der Waals surface area contributed by atoms with E-state index in [2.05, 4.69) is 54.9 Å². The van der Waals surface area contributed by atoms with Gasteiger partial charge in [-0.3, -0.25) is 9.59 Å². The molecule has 4 rings (SSSR count). The quantitative estimate of drug-likeness (QED) is 0.628. The first-order chi connectivity index (χ1) is 15.5. The van der Waals surface area contributed by atoms with Crippen molar-refractivity contribution < 1.29 is 9.59 Å². The van der Waals surface area contributed by atoms with Crippen molar-refractivity contribution in [3.63, 3.8) is 0 Å². The molecular weight excluding hydrogens is 400 g/mol. The van der Waals surface area contributed by atoms with Gasteiger partial charge in [-0.25, -0.2) is 5.43 Å². The van der Waals surface area contributed by atoms with E-state index in [9.17, 15) is 9.59 Å². The summed E-state index contributed by atoms with van der Waals surface area (Å²) in [5.41, 5.74) is 8.44. The average Bonchev–Trinajstić information content (AvgIpc) is 3.24. The molecule has 32 heavy (non-hydrogen) atoms. The smallest absolute Gasteiger partial charge is 0.250 e. The maximum Gasteiger partial charge on any atom is 0.250 e. The Morgan fingerprint density at radius 1 is 1.09 bits per heavy atom. The standard InChI is InChI=1S/C26H32N4O2/c1-19-10-11-22(17-20(19)2)23-18-24-26(32)29(15-16-30(24)28-23)14-12-25(31)27-13-6-9-21-7-4-3-5-8-21/h3-5,7-8,10-11,15-17,23-24,28H,6,9,12-14,18H2,1-2H3,(H,27,31). The van der Waals surface area contributed by atoms with Gasteiger partial charge in [0, 0.05) is 31.9 Å². The molecule has 2 unspecified atom stereocenters. The van der Waals surface area contributed by atoms with Crippen LogP contribution in [0.15, 0.2) is 60.9 Å². The molecule has 2 aromatic carbocycles. The highest BCUT2D eigenvalue weighted by Crippen LogP contribution is 2.31. The maximum atomic E-state index is 13.0. The number of hydrogen-bond donors (Lipinski definition) is 2. The highest BCUT2D eigenvalue weighted by atomic mass is 16.2. The summed E-state index contributed by atoms with van der Waals surface area (Å²) in [5.74, 6) is 0.0301. The van der Waals surface area contributed by atoms with Crippen molar-refractivity contribution in [3.05, 3.63) is 83.2 Å². The van der Waals surface area contributed by atoms with Crippen LogP contribution in [-0.4, -0.2) is 40.9 Å². The molecule has 1 saturated heterocycles. The van der Waals surface area contributed by atoms with Crippen molar-refractivity contribution in [1.29, 1.82) is 0 Å². The molecule has 168 valence electrons. The Kier molecular flexibility index (Phi) is 6.90. The van der Waals surface area contributed by atoms with Gasteiger partial charge in [0.2, 0.25) is 5.91 Å². The highest BCUT2D eigenvalue weighted by Gasteiger charge is 2.39. The third kappa shape index (κ3) is 5.19. The Morgan fingerprint density at radius 2 is 1.91 bits per heavy atom. The number of nitrogens with zero attached hydrogens (tertiary/aromatic N) is 2. The number of carbonyl (C=O) groups excluding carboxylic acids is 2. The van der Waals surface area contributed by atoms with E-state index in [4.69, 9.17) is 0 Å². The number of benzene rings is 2. The Bertz CT molecular complexity index is 989. The minimum Gasteiger partial charge on any atom is -0.356 e. The van der Waals surface area contributed by atoms with Gasteiger partial charge in [-0.2, -0.15) is 0 Å². The number of fused-ring (bicyclic) bond motifs is 1. The van der Waals surface area contributed by atoms with Gasteiger partial charge in [0.15, 0.2) is 0 Å². The molecular formula is C26H32N4O2. The molecule has 2 aliphatic heterocycles. The van der Waals surface area contributed by atoms with Gasteiger partial charge in [0.1, 0.15) is 6.04 Å². The summed E-state index contributed by atoms with van der Waals surface area (Å²) in [6.45, 7) is 5.27. The fourth-order valence-corrected chi connectivity index (χ4v) is 4.30. The van der Waals surface area contributed by atoms with Crippen molar-refractivity contribution in [3.8, 4) is 0 Å². The molecule has 2 N–H and O–H groups in total. The van der Waals surface area contributed by atoms with Gasteiger partial charge in [-0.15, -0.1) is 0 Å². The van der Waals surface area contributed by atoms with E-state index in [1.165, 1.54) is 22.3 Å². The van der Waals surface area contributed by atoms with Crippen LogP contribution >= 0.6 is 0 Å². The molecule has 2 amide bonds. The summed E-state index contributed by atoms with van der Waals surface area (Å²) in [6.07, 6.45) is 6.56. The van der Waals surface area contributed by atoms with Crippen LogP contribution in [0.4, 0.5) is 0 Å². The van der Waals surface area contributed by atoms with E-state index in [-0.39, 0.29) is 23.9 Å². The van der Waals surface area contributed by atoms with Crippen LogP contribution in [0, 0.1) is 13.8 Å². The zero-order valence-electron chi connectivity index (χ0n) is 18.9. The summed E-state index contributed by atoms with van der Waals surface area (Å²) in [5, 5.41) is 4.87. The van der Waals surface area contributed by atoms with Crippen molar-refractivity contribution in [2.75, 3.05) is 13.1 Å². The molecule has 2 aromatic rings. The van der Waals surface area contributed by atoms with Crippen LogP contribution in [0.1, 0.15) is 47.6 Å². The van der Waals surface area contributed by atoms with Gasteiger partial charge in [-0.05, 0) is 55.4 Å². The minimum absolute atomic E-state index is 0.0146. The van der Waals surface area contributed by atoms with Crippen LogP contribution < -0.4 is 10.7 Å². The van der Waals surface area contributed by atoms with Crippen molar-refractivity contribution in [2.45, 2.75) is 51.6 Å². The third-order valence-corrected chi connectivity index (χ3v) is 6.40. The normalized spacial score (nSPS) is 19.9. The molecule has 2 aliphatic rings. The molecule has 1 fully saturated rings. The van der Waals surface area contributed by atoms with Crippen molar-refractivity contribution in [1.82, 2.24) is 20.7 Å². The Balaban J connectivity index is 1.22. The van der Waals surface area contributed by atoms with Crippen LogP contribution in [0.2, 0.25) is 0 Å². The number of aryl methyl sites for hydroxylation is 3. The predicted molar refractivity (Wildman–Crippen MR) is 125 cm³/mol. The highest BCUT2D eigenvalue weighted by molar-refractivity contribution is 5.85. The summed E-state index contributed by atoms with van der Waals surface area (Å²) in [7, 11) is 0. The molecule has 6 nitrogen and oxygen atoms in total. The Hall–Kier alpha value is -3.12. The van der Waals surface area contributed by atoms with Gasteiger partial charge in [-0.1, -0.05) is 48.5 Å². The van der Waals surface area contributed by atoms with Gasteiger partial charge < -0.3 is 15.2 Å². The lowest BCUT2D eigenvalue weighted by Crippen LogP contribution is -2.48. The SMILES string of the molecule is Cc1ccc(C2CC3C(=O)N(CCC(=O)NCCCc4ccccc4)C=CN3N2)cc1C. The summed E-state index contributed by atoms with van der Waals surface area (Å²) in [6, 6.07) is 16.6. The number of hydrogen-bond acceptors (Lipinski definition) is 4. The number of hydrazine groups is 1. The largest absolute Gasteiger partial charge is 0.356 e. The second-order valence-corrected chi connectivity index (χ2v) is 8.70. The van der Waals surface area contributed by atoms with E-state index in [1.54, 1.807) is 11.1 Å². The second-order valence-electron chi connectivity index (χ2n) is 8.70. The summed E-state index contributed by atoms with van der Waals surface area (Å²) in [4.78, 5) is 26.9. The first-order valence-electron chi connectivity index (χ1n) is 11.4. The summed E-state index contributed by atoms with van der Waals surface area (Å²) < 4.78 is 0. The molecule has 0 aromatic heterocycles. The van der Waals surface area contributed by atoms with E-state index >= 15 is 0 Å². The van der Waals surface area contributed by atoms with E-state index in [0.717, 1.165) is 12.8 Å².